The second-order valence-corrected chi connectivity index (χ2v) is 7.77. The summed E-state index contributed by atoms with van der Waals surface area (Å²) < 4.78 is 32.9. The van der Waals surface area contributed by atoms with Crippen molar-refractivity contribution in [2.45, 2.75) is 38.1 Å². The third kappa shape index (κ3) is 3.39. The van der Waals surface area contributed by atoms with Crippen molar-refractivity contribution in [3.63, 3.8) is 0 Å². The van der Waals surface area contributed by atoms with Gasteiger partial charge in [-0.3, -0.25) is 0 Å². The molecule has 0 aromatic heterocycles. The molecule has 0 aliphatic heterocycles. The van der Waals surface area contributed by atoms with Gasteiger partial charge in [0, 0.05) is 13.1 Å². The van der Waals surface area contributed by atoms with Crippen LogP contribution in [0, 0.1) is 11.3 Å². The molecule has 0 spiro atoms. The van der Waals surface area contributed by atoms with Crippen LogP contribution in [0.2, 0.25) is 0 Å². The van der Waals surface area contributed by atoms with Crippen molar-refractivity contribution in [2.24, 2.45) is 17.1 Å². The number of sulfonamides is 1. The van der Waals surface area contributed by atoms with Gasteiger partial charge in [0.1, 0.15) is 10.6 Å². The first-order valence-electron chi connectivity index (χ1n) is 7.21. The Labute approximate surface area is 126 Å². The number of nitrogens with two attached hydrogens (primary N) is 1. The van der Waals surface area contributed by atoms with Crippen molar-refractivity contribution in [3.8, 4) is 5.75 Å². The average molecular weight is 312 g/mol. The molecule has 0 radical (unpaired) electrons. The topological polar surface area (TPSA) is 81.4 Å². The van der Waals surface area contributed by atoms with Crippen LogP contribution in [0.5, 0.6) is 5.75 Å². The van der Waals surface area contributed by atoms with E-state index >= 15 is 0 Å². The first kappa shape index (κ1) is 16.3. The first-order chi connectivity index (χ1) is 9.84. The minimum atomic E-state index is -3.57. The molecule has 5 nitrogen and oxygen atoms in total. The predicted molar refractivity (Wildman–Crippen MR) is 82.6 cm³/mol. The minimum absolute atomic E-state index is 0.123. The zero-order valence-electron chi connectivity index (χ0n) is 12.8. The van der Waals surface area contributed by atoms with E-state index < -0.39 is 10.0 Å². The molecule has 1 saturated carbocycles. The van der Waals surface area contributed by atoms with Crippen LogP contribution in [-0.4, -0.2) is 22.1 Å². The standard InChI is InChI=1S/C15H24N2O3S/c1-11(2)15(6-7-15)10-17-21(18,19)14-5-4-12(9-16)8-13(14)20-3/h4-5,8,11,17H,6-7,9-10,16H2,1-3H3. The van der Waals surface area contributed by atoms with Crippen molar-refractivity contribution < 1.29 is 13.2 Å². The average Bonchev–Trinajstić information content (AvgIpc) is 3.26. The van der Waals surface area contributed by atoms with Gasteiger partial charge in [0.05, 0.1) is 7.11 Å². The predicted octanol–water partition coefficient (Wildman–Crippen LogP) is 1.87. The number of nitrogens with one attached hydrogen (secondary N) is 1. The lowest BCUT2D eigenvalue weighted by atomic mass is 9.93. The van der Waals surface area contributed by atoms with Gasteiger partial charge in [0.25, 0.3) is 0 Å². The highest BCUT2D eigenvalue weighted by molar-refractivity contribution is 7.89. The summed E-state index contributed by atoms with van der Waals surface area (Å²) in [5, 5.41) is 0. The van der Waals surface area contributed by atoms with Gasteiger partial charge in [-0.1, -0.05) is 19.9 Å². The maximum atomic E-state index is 12.5. The van der Waals surface area contributed by atoms with Crippen LogP contribution < -0.4 is 15.2 Å². The van der Waals surface area contributed by atoms with Crippen LogP contribution in [0.3, 0.4) is 0 Å². The van der Waals surface area contributed by atoms with Crippen molar-refractivity contribution in [2.75, 3.05) is 13.7 Å². The Bertz CT molecular complexity index is 607. The summed E-state index contributed by atoms with van der Waals surface area (Å²) in [7, 11) is -2.11. The quantitative estimate of drug-likeness (QED) is 0.805. The highest BCUT2D eigenvalue weighted by Gasteiger charge is 2.45. The number of rotatable bonds is 7. The Morgan fingerprint density at radius 1 is 1.38 bits per heavy atom. The summed E-state index contributed by atoms with van der Waals surface area (Å²) in [5.41, 5.74) is 6.53. The van der Waals surface area contributed by atoms with E-state index in [1.165, 1.54) is 7.11 Å². The summed E-state index contributed by atoms with van der Waals surface area (Å²) >= 11 is 0. The lowest BCUT2D eigenvalue weighted by Crippen LogP contribution is -2.32. The molecule has 1 aromatic carbocycles. The van der Waals surface area contributed by atoms with E-state index in [9.17, 15) is 8.42 Å². The molecule has 118 valence electrons. The highest BCUT2D eigenvalue weighted by atomic mass is 32.2. The molecule has 0 saturated heterocycles. The number of benzene rings is 1. The van der Waals surface area contributed by atoms with Crippen molar-refractivity contribution >= 4 is 10.0 Å². The first-order valence-corrected chi connectivity index (χ1v) is 8.69. The van der Waals surface area contributed by atoms with E-state index in [1.807, 2.05) is 0 Å². The van der Waals surface area contributed by atoms with Gasteiger partial charge in [-0.2, -0.15) is 0 Å². The second kappa shape index (κ2) is 5.94. The minimum Gasteiger partial charge on any atom is -0.495 e. The van der Waals surface area contributed by atoms with Crippen LogP contribution in [-0.2, 0) is 16.6 Å². The summed E-state index contributed by atoms with van der Waals surface area (Å²) in [6.07, 6.45) is 2.16. The monoisotopic (exact) mass is 312 g/mol. The molecule has 21 heavy (non-hydrogen) atoms. The van der Waals surface area contributed by atoms with Gasteiger partial charge in [0.2, 0.25) is 10.0 Å². The van der Waals surface area contributed by atoms with Crippen molar-refractivity contribution in [1.29, 1.82) is 0 Å². The SMILES string of the molecule is COc1cc(CN)ccc1S(=O)(=O)NCC1(C(C)C)CC1. The van der Waals surface area contributed by atoms with Crippen molar-refractivity contribution in [3.05, 3.63) is 23.8 Å². The third-order valence-electron chi connectivity index (χ3n) is 4.48. The molecule has 0 unspecified atom stereocenters. The third-order valence-corrected chi connectivity index (χ3v) is 5.93. The Morgan fingerprint density at radius 2 is 2.05 bits per heavy atom. The zero-order chi connectivity index (χ0) is 15.7. The van der Waals surface area contributed by atoms with E-state index in [1.54, 1.807) is 18.2 Å². The molecular weight excluding hydrogens is 288 g/mol. The van der Waals surface area contributed by atoms with E-state index in [0.29, 0.717) is 24.8 Å². The zero-order valence-corrected chi connectivity index (χ0v) is 13.7. The summed E-state index contributed by atoms with van der Waals surface area (Å²) in [4.78, 5) is 0.168. The Balaban J connectivity index is 2.20. The molecule has 2 rings (SSSR count). The van der Waals surface area contributed by atoms with Gasteiger partial charge in [-0.25, -0.2) is 13.1 Å². The van der Waals surface area contributed by atoms with E-state index in [0.717, 1.165) is 18.4 Å². The van der Waals surface area contributed by atoms with Gasteiger partial charge in [0.15, 0.2) is 0 Å². The number of hydrogen-bond donors (Lipinski definition) is 2. The Hall–Kier alpha value is -1.11. The molecule has 1 aliphatic rings. The number of ether oxygens (including phenoxy) is 1. The molecule has 0 heterocycles. The Kier molecular flexibility index (Phi) is 4.60. The van der Waals surface area contributed by atoms with Crippen LogP contribution in [0.4, 0.5) is 0 Å². The molecule has 0 atom stereocenters. The molecule has 1 fully saturated rings. The highest BCUT2D eigenvalue weighted by Crippen LogP contribution is 2.51. The summed E-state index contributed by atoms with van der Waals surface area (Å²) in [5.74, 6) is 0.807. The maximum absolute atomic E-state index is 12.5. The van der Waals surface area contributed by atoms with E-state index in [4.69, 9.17) is 10.5 Å². The Morgan fingerprint density at radius 3 is 2.52 bits per heavy atom. The van der Waals surface area contributed by atoms with Gasteiger partial charge < -0.3 is 10.5 Å². The van der Waals surface area contributed by atoms with Gasteiger partial charge in [-0.15, -0.1) is 0 Å². The van der Waals surface area contributed by atoms with Gasteiger partial charge in [-0.05, 0) is 41.9 Å². The van der Waals surface area contributed by atoms with E-state index in [2.05, 4.69) is 18.6 Å². The van der Waals surface area contributed by atoms with Crippen LogP contribution >= 0.6 is 0 Å². The lowest BCUT2D eigenvalue weighted by molar-refractivity contribution is 0.357. The van der Waals surface area contributed by atoms with E-state index in [-0.39, 0.29) is 10.3 Å². The number of hydrogen-bond acceptors (Lipinski definition) is 4. The normalized spacial score (nSPS) is 17.0. The summed E-state index contributed by atoms with van der Waals surface area (Å²) in [6, 6.07) is 4.94. The second-order valence-electron chi connectivity index (χ2n) is 6.03. The van der Waals surface area contributed by atoms with Crippen molar-refractivity contribution in [1.82, 2.24) is 4.72 Å². The van der Waals surface area contributed by atoms with Crippen LogP contribution in [0.1, 0.15) is 32.3 Å². The summed E-state index contributed by atoms with van der Waals surface area (Å²) in [6.45, 7) is 5.10. The molecule has 1 aromatic rings. The molecule has 1 aliphatic carbocycles. The smallest absolute Gasteiger partial charge is 0.244 e. The molecule has 0 bridgehead atoms. The fourth-order valence-electron chi connectivity index (χ4n) is 2.50. The molecule has 3 N–H and O–H groups in total. The van der Waals surface area contributed by atoms with Crippen LogP contribution in [0.25, 0.3) is 0 Å². The molecular formula is C15H24N2O3S. The fraction of sp³-hybridized carbons (Fsp3) is 0.600. The van der Waals surface area contributed by atoms with Gasteiger partial charge >= 0.3 is 0 Å². The largest absolute Gasteiger partial charge is 0.495 e. The van der Waals surface area contributed by atoms with Crippen LogP contribution in [0.15, 0.2) is 23.1 Å². The molecule has 0 amide bonds. The number of methoxy groups -OCH3 is 1. The molecule has 6 heteroatoms. The lowest BCUT2D eigenvalue weighted by Gasteiger charge is -2.20. The maximum Gasteiger partial charge on any atom is 0.244 e. The fourth-order valence-corrected chi connectivity index (χ4v) is 3.78.